The summed E-state index contributed by atoms with van der Waals surface area (Å²) in [7, 11) is 0. The largest absolute Gasteiger partial charge is 0.456 e. The molecule has 0 bridgehead atoms. The first kappa shape index (κ1) is 28.1. The highest BCUT2D eigenvalue weighted by molar-refractivity contribution is 7.25. The van der Waals surface area contributed by atoms with Crippen molar-refractivity contribution in [2.45, 2.75) is 37.5 Å². The molecule has 0 radical (unpaired) electrons. The minimum absolute atomic E-state index is 0.139. The molecule has 1 spiro atoms. The van der Waals surface area contributed by atoms with Gasteiger partial charge in [-0.25, -0.2) is 0 Å². The van der Waals surface area contributed by atoms with Crippen LogP contribution in [0.1, 0.15) is 43.2 Å². The zero-order valence-electron chi connectivity index (χ0n) is 28.1. The first-order valence-electron chi connectivity index (χ1n) is 18.3. The number of hydrogen-bond acceptors (Lipinski definition) is 2. The fourth-order valence-electron chi connectivity index (χ4n) is 9.88. The van der Waals surface area contributed by atoms with Gasteiger partial charge in [0.15, 0.2) is 0 Å². The van der Waals surface area contributed by atoms with E-state index < -0.39 is 0 Å². The molecular formula is C48H33NOS. The van der Waals surface area contributed by atoms with Crippen LogP contribution < -0.4 is 0 Å². The van der Waals surface area contributed by atoms with E-state index in [0.717, 1.165) is 11.2 Å². The van der Waals surface area contributed by atoms with Crippen molar-refractivity contribution in [3.8, 4) is 27.9 Å². The topological polar surface area (TPSA) is 18.1 Å². The normalized spacial score (nSPS) is 15.2. The zero-order valence-corrected chi connectivity index (χ0v) is 28.9. The summed E-state index contributed by atoms with van der Waals surface area (Å²) in [5.41, 5.74) is 13.9. The van der Waals surface area contributed by atoms with Gasteiger partial charge in [0.25, 0.3) is 0 Å². The highest BCUT2D eigenvalue weighted by atomic mass is 32.1. The summed E-state index contributed by atoms with van der Waals surface area (Å²) in [4.78, 5) is 0. The van der Waals surface area contributed by atoms with Gasteiger partial charge in [-0.3, -0.25) is 0 Å². The third kappa shape index (κ3) is 3.82. The van der Waals surface area contributed by atoms with Gasteiger partial charge in [-0.15, -0.1) is 11.3 Å². The lowest BCUT2D eigenvalue weighted by Gasteiger charge is -2.35. The van der Waals surface area contributed by atoms with Crippen LogP contribution in [-0.4, -0.2) is 4.57 Å². The lowest BCUT2D eigenvalue weighted by molar-refractivity contribution is 0.353. The van der Waals surface area contributed by atoms with Crippen molar-refractivity contribution in [3.05, 3.63) is 151 Å². The number of rotatable bonds is 2. The standard InChI is InChI=1S/C48H33NOS/c1-8-22-48(23-9-1)40-13-5-2-10-32(40)37-28-45-39(27-41(37)48)34-19-16-30(25-44(34)50-45)29-17-21-43-38(24-29)33-11-3-6-14-42(33)49(43)31-18-20-36-35-12-4-7-15-46(35)51-47(36)26-31/h2-7,10-21,24-28H,1,8-9,22-23H2. The van der Waals surface area contributed by atoms with E-state index in [4.69, 9.17) is 4.42 Å². The van der Waals surface area contributed by atoms with Gasteiger partial charge in [0.2, 0.25) is 0 Å². The Morgan fingerprint density at radius 2 is 1.20 bits per heavy atom. The predicted molar refractivity (Wildman–Crippen MR) is 216 cm³/mol. The Kier molecular flexibility index (Phi) is 5.63. The molecule has 2 aliphatic rings. The lowest BCUT2D eigenvalue weighted by Crippen LogP contribution is -2.27. The van der Waals surface area contributed by atoms with E-state index in [1.165, 1.54) is 124 Å². The van der Waals surface area contributed by atoms with Gasteiger partial charge >= 0.3 is 0 Å². The van der Waals surface area contributed by atoms with E-state index >= 15 is 0 Å². The van der Waals surface area contributed by atoms with E-state index in [-0.39, 0.29) is 5.41 Å². The Balaban J connectivity index is 0.997. The van der Waals surface area contributed by atoms with Crippen LogP contribution in [0.2, 0.25) is 0 Å². The van der Waals surface area contributed by atoms with Crippen LogP contribution in [0.15, 0.2) is 144 Å². The van der Waals surface area contributed by atoms with E-state index in [1.807, 2.05) is 11.3 Å². The number of hydrogen-bond donors (Lipinski definition) is 0. The molecular weight excluding hydrogens is 639 g/mol. The lowest BCUT2D eigenvalue weighted by atomic mass is 9.68. The molecule has 12 rings (SSSR count). The van der Waals surface area contributed by atoms with E-state index in [2.05, 4.69) is 144 Å². The third-order valence-corrected chi connectivity index (χ3v) is 13.3. The molecule has 2 nitrogen and oxygen atoms in total. The maximum atomic E-state index is 6.70. The number of para-hydroxylation sites is 1. The highest BCUT2D eigenvalue weighted by Gasteiger charge is 2.44. The summed E-state index contributed by atoms with van der Waals surface area (Å²) in [6.45, 7) is 0. The SMILES string of the molecule is c1ccc2c(c1)-c1cc3oc4cc(-c5ccc6c(c5)c5ccccc5n6-c5ccc6c(c5)sc5ccccc56)ccc4c3cc1C21CCCCC1. The Bertz CT molecular complexity index is 3070. The minimum Gasteiger partial charge on any atom is -0.456 e. The number of thiophene rings is 1. The molecule has 1 fully saturated rings. The summed E-state index contributed by atoms with van der Waals surface area (Å²) in [5, 5.41) is 7.63. The minimum atomic E-state index is 0.139. The van der Waals surface area contributed by atoms with Gasteiger partial charge in [0.1, 0.15) is 11.2 Å². The first-order chi connectivity index (χ1) is 25.2. The van der Waals surface area contributed by atoms with Crippen molar-refractivity contribution >= 4 is 75.3 Å². The summed E-state index contributed by atoms with van der Waals surface area (Å²) in [6, 6.07) is 52.2. The van der Waals surface area contributed by atoms with Gasteiger partial charge in [-0.05, 0) is 107 Å². The van der Waals surface area contributed by atoms with Crippen molar-refractivity contribution in [2.75, 3.05) is 0 Å². The van der Waals surface area contributed by atoms with Crippen LogP contribution in [0.3, 0.4) is 0 Å². The van der Waals surface area contributed by atoms with Gasteiger partial charge in [0, 0.05) is 52.8 Å². The van der Waals surface area contributed by atoms with Crippen LogP contribution in [0.25, 0.3) is 91.9 Å². The molecule has 2 aliphatic carbocycles. The molecule has 1 saturated carbocycles. The molecule has 7 aromatic carbocycles. The van der Waals surface area contributed by atoms with Crippen LogP contribution in [0.4, 0.5) is 0 Å². The van der Waals surface area contributed by atoms with Crippen molar-refractivity contribution in [2.24, 2.45) is 0 Å². The average Bonchev–Trinajstić information content (AvgIpc) is 3.91. The Morgan fingerprint density at radius 3 is 2.14 bits per heavy atom. The molecule has 0 atom stereocenters. The summed E-state index contributed by atoms with van der Waals surface area (Å²) < 4.78 is 11.8. The average molecular weight is 672 g/mol. The van der Waals surface area contributed by atoms with E-state index in [0.29, 0.717) is 0 Å². The van der Waals surface area contributed by atoms with Gasteiger partial charge in [-0.2, -0.15) is 0 Å². The maximum absolute atomic E-state index is 6.70. The number of nitrogens with zero attached hydrogens (tertiary/aromatic N) is 1. The second-order valence-electron chi connectivity index (χ2n) is 14.8. The number of benzene rings is 7. The van der Waals surface area contributed by atoms with E-state index in [9.17, 15) is 0 Å². The van der Waals surface area contributed by atoms with E-state index in [1.54, 1.807) is 0 Å². The second kappa shape index (κ2) is 10.2. The maximum Gasteiger partial charge on any atom is 0.136 e. The zero-order chi connectivity index (χ0) is 33.3. The molecule has 0 unspecified atom stereocenters. The molecule has 0 amide bonds. The van der Waals surface area contributed by atoms with Crippen LogP contribution in [-0.2, 0) is 5.41 Å². The molecule has 0 saturated heterocycles. The Morgan fingerprint density at radius 1 is 0.471 bits per heavy atom. The number of furan rings is 1. The Hall–Kier alpha value is -5.64. The third-order valence-electron chi connectivity index (χ3n) is 12.2. The fraction of sp³-hybridized carbons (Fsp3) is 0.125. The number of aromatic nitrogens is 1. The second-order valence-corrected chi connectivity index (χ2v) is 15.8. The van der Waals surface area contributed by atoms with Crippen LogP contribution in [0, 0.1) is 0 Å². The molecule has 51 heavy (non-hydrogen) atoms. The van der Waals surface area contributed by atoms with Gasteiger partial charge in [0.05, 0.1) is 11.0 Å². The highest BCUT2D eigenvalue weighted by Crippen LogP contribution is 2.57. The van der Waals surface area contributed by atoms with Crippen molar-refractivity contribution < 1.29 is 4.42 Å². The Labute approximate surface area is 299 Å². The summed E-state index contributed by atoms with van der Waals surface area (Å²) in [5.74, 6) is 0. The molecule has 0 N–H and O–H groups in total. The molecule has 0 aliphatic heterocycles. The molecule has 3 heterocycles. The number of fused-ring (bicyclic) bond motifs is 14. The van der Waals surface area contributed by atoms with Gasteiger partial charge < -0.3 is 8.98 Å². The predicted octanol–water partition coefficient (Wildman–Crippen LogP) is 13.9. The first-order valence-corrected chi connectivity index (χ1v) is 19.1. The van der Waals surface area contributed by atoms with Crippen molar-refractivity contribution in [3.63, 3.8) is 0 Å². The van der Waals surface area contributed by atoms with Crippen molar-refractivity contribution in [1.29, 1.82) is 0 Å². The quantitative estimate of drug-likeness (QED) is 0.179. The van der Waals surface area contributed by atoms with Crippen LogP contribution >= 0.6 is 11.3 Å². The summed E-state index contributed by atoms with van der Waals surface area (Å²) >= 11 is 1.87. The monoisotopic (exact) mass is 671 g/mol. The van der Waals surface area contributed by atoms with Crippen molar-refractivity contribution in [1.82, 2.24) is 4.57 Å². The smallest absolute Gasteiger partial charge is 0.136 e. The fourth-order valence-corrected chi connectivity index (χ4v) is 11.0. The summed E-state index contributed by atoms with van der Waals surface area (Å²) in [6.07, 6.45) is 6.41. The molecule has 10 aromatic rings. The molecule has 242 valence electrons. The molecule has 3 heteroatoms. The van der Waals surface area contributed by atoms with Gasteiger partial charge in [-0.1, -0.05) is 98.1 Å². The van der Waals surface area contributed by atoms with Crippen LogP contribution in [0.5, 0.6) is 0 Å². The molecule has 3 aromatic heterocycles.